The van der Waals surface area contributed by atoms with Crippen LogP contribution in [0.3, 0.4) is 0 Å². The van der Waals surface area contributed by atoms with E-state index in [2.05, 4.69) is 0 Å². The van der Waals surface area contributed by atoms with Crippen molar-refractivity contribution in [2.45, 2.75) is 31.7 Å². The summed E-state index contributed by atoms with van der Waals surface area (Å²) in [5.74, 6) is 1.98. The van der Waals surface area contributed by atoms with Crippen LogP contribution in [-0.2, 0) is 16.0 Å². The highest BCUT2D eigenvalue weighted by molar-refractivity contribution is 7.13. The number of carbonyl (C=O) groups excluding carboxylic acids is 2. The molecule has 2 atom stereocenters. The fraction of sp³-hybridized carbons (Fsp3) is 0.474. The number of hydrogen-bond acceptors (Lipinski definition) is 4. The summed E-state index contributed by atoms with van der Waals surface area (Å²) in [5.41, 5.74) is 0. The van der Waals surface area contributed by atoms with Gasteiger partial charge in [0.25, 0.3) is 0 Å². The lowest BCUT2D eigenvalue weighted by Crippen LogP contribution is -2.45. The molecule has 0 aromatic carbocycles. The van der Waals surface area contributed by atoms with Gasteiger partial charge in [0.1, 0.15) is 11.5 Å². The molecule has 5 rings (SSSR count). The molecular formula is C19H22N2O3S. The lowest BCUT2D eigenvalue weighted by Gasteiger charge is -2.32. The predicted molar refractivity (Wildman–Crippen MR) is 96.2 cm³/mol. The molecule has 3 aliphatic heterocycles. The fourth-order valence-corrected chi connectivity index (χ4v) is 4.50. The lowest BCUT2D eigenvalue weighted by atomic mass is 9.95. The minimum atomic E-state index is -0.0262. The highest BCUT2D eigenvalue weighted by Gasteiger charge is 2.39. The van der Waals surface area contributed by atoms with Crippen LogP contribution in [0.1, 0.15) is 25.0 Å². The predicted octanol–water partition coefficient (Wildman–Crippen LogP) is 3.02. The number of thiophene rings is 1. The Balaban J connectivity index is 1.37. The van der Waals surface area contributed by atoms with E-state index in [1.165, 1.54) is 0 Å². The average Bonchev–Trinajstić information content (AvgIpc) is 3.23. The van der Waals surface area contributed by atoms with E-state index in [1.54, 1.807) is 11.3 Å². The minimum absolute atomic E-state index is 0.0262. The Labute approximate surface area is 151 Å². The topological polar surface area (TPSA) is 53.8 Å². The molecule has 0 aliphatic carbocycles. The van der Waals surface area contributed by atoms with Gasteiger partial charge in [0.05, 0.1) is 10.8 Å². The van der Waals surface area contributed by atoms with E-state index < -0.39 is 0 Å². The van der Waals surface area contributed by atoms with E-state index in [9.17, 15) is 9.59 Å². The first-order valence-corrected chi connectivity index (χ1v) is 9.67. The summed E-state index contributed by atoms with van der Waals surface area (Å²) in [6.07, 6.45) is 2.92. The first-order chi connectivity index (χ1) is 12.1. The molecule has 0 radical (unpaired) electrons. The number of carbonyl (C=O) groups is 2. The van der Waals surface area contributed by atoms with Gasteiger partial charge in [0.15, 0.2) is 0 Å². The fourth-order valence-electron chi connectivity index (χ4n) is 3.81. The number of aryl methyl sites for hydroxylation is 1. The van der Waals surface area contributed by atoms with Gasteiger partial charge in [-0.2, -0.15) is 0 Å². The maximum Gasteiger partial charge on any atom is 0.227 e. The van der Waals surface area contributed by atoms with Gasteiger partial charge in [-0.3, -0.25) is 9.59 Å². The van der Waals surface area contributed by atoms with Gasteiger partial charge in [-0.25, -0.2) is 0 Å². The maximum atomic E-state index is 12.6. The van der Waals surface area contributed by atoms with E-state index >= 15 is 0 Å². The molecule has 6 heteroatoms. The molecular weight excluding hydrogens is 336 g/mol. The van der Waals surface area contributed by atoms with E-state index in [0.717, 1.165) is 29.2 Å². The molecule has 0 unspecified atom stereocenters. The molecule has 25 heavy (non-hydrogen) atoms. The van der Waals surface area contributed by atoms with Gasteiger partial charge >= 0.3 is 0 Å². The second kappa shape index (κ2) is 6.67. The zero-order valence-electron chi connectivity index (χ0n) is 14.3. The number of fused-ring (bicyclic) bond motifs is 4. The van der Waals surface area contributed by atoms with Crippen LogP contribution < -0.4 is 0 Å². The Morgan fingerprint density at radius 2 is 2.16 bits per heavy atom. The summed E-state index contributed by atoms with van der Waals surface area (Å²) < 4.78 is 5.86. The lowest BCUT2D eigenvalue weighted by molar-refractivity contribution is -0.138. The van der Waals surface area contributed by atoms with Crippen LogP contribution in [0.25, 0.3) is 10.6 Å². The van der Waals surface area contributed by atoms with E-state index in [4.69, 9.17) is 4.42 Å². The van der Waals surface area contributed by atoms with Crippen molar-refractivity contribution < 1.29 is 14.0 Å². The molecule has 2 aromatic heterocycles. The van der Waals surface area contributed by atoms with Crippen LogP contribution in [0.15, 0.2) is 34.1 Å². The summed E-state index contributed by atoms with van der Waals surface area (Å²) in [6.45, 7) is 1.23. The Morgan fingerprint density at radius 1 is 1.28 bits per heavy atom. The summed E-state index contributed by atoms with van der Waals surface area (Å²) in [7, 11) is 1.86. The van der Waals surface area contributed by atoms with Gasteiger partial charge in [-0.15, -0.1) is 11.3 Å². The smallest absolute Gasteiger partial charge is 0.227 e. The van der Waals surface area contributed by atoms with Crippen molar-refractivity contribution in [3.05, 3.63) is 35.4 Å². The number of likely N-dealkylation sites (N-methyl/N-ethyl adjacent to an activating group) is 1. The van der Waals surface area contributed by atoms with Crippen LogP contribution in [0.2, 0.25) is 0 Å². The number of amides is 2. The van der Waals surface area contributed by atoms with E-state index in [1.807, 2.05) is 46.5 Å². The molecule has 0 saturated carbocycles. The first kappa shape index (κ1) is 16.4. The van der Waals surface area contributed by atoms with E-state index in [0.29, 0.717) is 25.9 Å². The van der Waals surface area contributed by atoms with Gasteiger partial charge < -0.3 is 14.2 Å². The number of piperidine rings is 1. The quantitative estimate of drug-likeness (QED) is 0.844. The normalized spacial score (nSPS) is 23.2. The standard InChI is InChI=1S/C19H22N2O3S/c1-20-14-5-4-13(19(20)23)11-21(12-14)18(22)9-7-15-6-8-16(24-15)17-3-2-10-25-17/h2-3,6,8,10,13-14H,4-5,7,9,11-12H2,1H3/t13-,14+/m1/s1. The maximum absolute atomic E-state index is 12.6. The van der Waals surface area contributed by atoms with Crippen LogP contribution in [0, 0.1) is 5.92 Å². The van der Waals surface area contributed by atoms with Crippen molar-refractivity contribution in [1.82, 2.24) is 9.80 Å². The van der Waals surface area contributed by atoms with Crippen molar-refractivity contribution in [3.8, 4) is 10.6 Å². The Kier molecular flexibility index (Phi) is 4.37. The number of nitrogens with zero attached hydrogens (tertiary/aromatic N) is 2. The number of furan rings is 1. The average molecular weight is 358 g/mol. The molecule has 0 N–H and O–H groups in total. The third-order valence-electron chi connectivity index (χ3n) is 5.33. The second-order valence-corrected chi connectivity index (χ2v) is 7.87. The number of rotatable bonds is 4. The van der Waals surface area contributed by atoms with Gasteiger partial charge in [0, 0.05) is 39.0 Å². The largest absolute Gasteiger partial charge is 0.460 e. The van der Waals surface area contributed by atoms with Crippen LogP contribution in [0.4, 0.5) is 0 Å². The Morgan fingerprint density at radius 3 is 2.96 bits per heavy atom. The SMILES string of the molecule is CN1C(=O)[C@@H]2CC[C@H]1CN(C(=O)CCc1ccc(-c3cccs3)o1)C2. The monoisotopic (exact) mass is 358 g/mol. The molecule has 2 aromatic rings. The molecule has 2 bridgehead atoms. The molecule has 132 valence electrons. The summed E-state index contributed by atoms with van der Waals surface area (Å²) in [4.78, 5) is 29.7. The molecule has 0 spiro atoms. The summed E-state index contributed by atoms with van der Waals surface area (Å²) in [5, 5.41) is 2.02. The third kappa shape index (κ3) is 3.23. The summed E-state index contributed by atoms with van der Waals surface area (Å²) in [6, 6.07) is 8.11. The third-order valence-corrected chi connectivity index (χ3v) is 6.21. The molecule has 2 amide bonds. The molecule has 5 heterocycles. The van der Waals surface area contributed by atoms with Gasteiger partial charge in [-0.05, 0) is 36.4 Å². The highest BCUT2D eigenvalue weighted by Crippen LogP contribution is 2.29. The van der Waals surface area contributed by atoms with Crippen LogP contribution in [-0.4, -0.2) is 47.8 Å². The highest BCUT2D eigenvalue weighted by atomic mass is 32.1. The van der Waals surface area contributed by atoms with Crippen molar-refractivity contribution in [3.63, 3.8) is 0 Å². The molecule has 3 saturated heterocycles. The van der Waals surface area contributed by atoms with Crippen molar-refractivity contribution in [2.75, 3.05) is 20.1 Å². The zero-order valence-corrected chi connectivity index (χ0v) is 15.1. The Hall–Kier alpha value is -2.08. The second-order valence-electron chi connectivity index (χ2n) is 6.92. The zero-order chi connectivity index (χ0) is 17.4. The van der Waals surface area contributed by atoms with E-state index in [-0.39, 0.29) is 23.8 Å². The van der Waals surface area contributed by atoms with Gasteiger partial charge in [-0.1, -0.05) is 6.07 Å². The molecule has 3 aliphatic rings. The summed E-state index contributed by atoms with van der Waals surface area (Å²) >= 11 is 1.64. The molecule has 3 fully saturated rings. The minimum Gasteiger partial charge on any atom is -0.460 e. The first-order valence-electron chi connectivity index (χ1n) is 8.79. The van der Waals surface area contributed by atoms with Crippen LogP contribution >= 0.6 is 11.3 Å². The van der Waals surface area contributed by atoms with Gasteiger partial charge in [0.2, 0.25) is 11.8 Å². The number of hydrogen-bond donors (Lipinski definition) is 0. The Bertz CT molecular complexity index is 767. The van der Waals surface area contributed by atoms with Crippen molar-refractivity contribution in [2.24, 2.45) is 5.92 Å². The molecule has 5 nitrogen and oxygen atoms in total. The van der Waals surface area contributed by atoms with Crippen molar-refractivity contribution in [1.29, 1.82) is 0 Å². The van der Waals surface area contributed by atoms with Crippen molar-refractivity contribution >= 4 is 23.2 Å². The van der Waals surface area contributed by atoms with Crippen LogP contribution in [0.5, 0.6) is 0 Å².